The van der Waals surface area contributed by atoms with Gasteiger partial charge in [0, 0.05) is 18.8 Å². The minimum atomic E-state index is -0.916. The first-order valence-electron chi connectivity index (χ1n) is 7.51. The lowest BCUT2D eigenvalue weighted by molar-refractivity contribution is -0.119. The van der Waals surface area contributed by atoms with E-state index in [1.165, 1.54) is 38.4 Å². The zero-order valence-corrected chi connectivity index (χ0v) is 14.1. The number of anilines is 2. The van der Waals surface area contributed by atoms with E-state index in [1.54, 1.807) is 12.1 Å². The van der Waals surface area contributed by atoms with Gasteiger partial charge in [0.2, 0.25) is 5.91 Å². The molecular weight excluding hydrogens is 342 g/mol. The average Bonchev–Trinajstić information content (AvgIpc) is 2.60. The second kappa shape index (κ2) is 8.47. The van der Waals surface area contributed by atoms with Crippen molar-refractivity contribution < 1.29 is 23.9 Å². The highest BCUT2D eigenvalue weighted by Crippen LogP contribution is 2.27. The van der Waals surface area contributed by atoms with Crippen LogP contribution in [-0.2, 0) is 14.3 Å². The summed E-state index contributed by atoms with van der Waals surface area (Å²) >= 11 is 0. The van der Waals surface area contributed by atoms with Gasteiger partial charge in [0.1, 0.15) is 11.3 Å². The topological polar surface area (TPSA) is 127 Å². The van der Waals surface area contributed by atoms with Crippen LogP contribution in [0.1, 0.15) is 17.3 Å². The molecule has 0 saturated heterocycles. The third-order valence-electron chi connectivity index (χ3n) is 3.17. The fourth-order valence-electron chi connectivity index (χ4n) is 2.06. The first-order valence-corrected chi connectivity index (χ1v) is 7.51. The number of ether oxygens (including phenoxy) is 2. The number of H-pyrrole nitrogens is 1. The standard InChI is InChI=1S/C17H17N3O6/c1-10(21)19-11-5-6-14(25-2)13(8-11)20-15(22)9-26-17(24)12-4-3-7-18-16(12)23/h3-8H,9H2,1-2H3,(H,18,23)(H,19,21)(H,20,22). The molecule has 0 radical (unpaired) electrons. The van der Waals surface area contributed by atoms with Crippen LogP contribution in [0.25, 0.3) is 0 Å². The van der Waals surface area contributed by atoms with E-state index in [1.807, 2.05) is 0 Å². The predicted octanol–water partition coefficient (Wildman–Crippen LogP) is 1.14. The Morgan fingerprint density at radius 1 is 1.15 bits per heavy atom. The zero-order chi connectivity index (χ0) is 19.1. The van der Waals surface area contributed by atoms with Crippen molar-refractivity contribution in [3.05, 3.63) is 52.4 Å². The van der Waals surface area contributed by atoms with Gasteiger partial charge < -0.3 is 25.1 Å². The van der Waals surface area contributed by atoms with Crippen molar-refractivity contribution in [1.82, 2.24) is 4.98 Å². The molecule has 3 N–H and O–H groups in total. The average molecular weight is 359 g/mol. The van der Waals surface area contributed by atoms with Crippen molar-refractivity contribution in [3.63, 3.8) is 0 Å². The normalized spacial score (nSPS) is 9.92. The molecule has 1 heterocycles. The molecule has 9 nitrogen and oxygen atoms in total. The molecule has 0 atom stereocenters. The third-order valence-corrected chi connectivity index (χ3v) is 3.17. The Morgan fingerprint density at radius 3 is 2.58 bits per heavy atom. The number of esters is 1. The minimum absolute atomic E-state index is 0.203. The minimum Gasteiger partial charge on any atom is -0.495 e. The molecule has 2 aromatic rings. The fourth-order valence-corrected chi connectivity index (χ4v) is 2.06. The van der Waals surface area contributed by atoms with E-state index in [-0.39, 0.29) is 17.2 Å². The quantitative estimate of drug-likeness (QED) is 0.664. The summed E-state index contributed by atoms with van der Waals surface area (Å²) in [5.74, 6) is -1.46. The SMILES string of the molecule is COc1ccc(NC(C)=O)cc1NC(=O)COC(=O)c1ccc[nH]c1=O. The predicted molar refractivity (Wildman–Crippen MR) is 93.3 cm³/mol. The Bertz CT molecular complexity index is 890. The number of aromatic nitrogens is 1. The van der Waals surface area contributed by atoms with E-state index in [4.69, 9.17) is 9.47 Å². The number of methoxy groups -OCH3 is 1. The fraction of sp³-hybridized carbons (Fsp3) is 0.176. The van der Waals surface area contributed by atoms with Crippen LogP contribution in [0.4, 0.5) is 11.4 Å². The number of carbonyl (C=O) groups excluding carboxylic acids is 3. The van der Waals surface area contributed by atoms with E-state index in [0.717, 1.165) is 0 Å². The largest absolute Gasteiger partial charge is 0.495 e. The summed E-state index contributed by atoms with van der Waals surface area (Å²) in [6, 6.07) is 7.44. The lowest BCUT2D eigenvalue weighted by Gasteiger charge is -2.12. The molecule has 0 spiro atoms. The Hall–Kier alpha value is -3.62. The molecule has 0 bridgehead atoms. The van der Waals surface area contributed by atoms with Gasteiger partial charge >= 0.3 is 5.97 Å². The molecule has 0 saturated carbocycles. The summed E-state index contributed by atoms with van der Waals surface area (Å²) in [6.45, 7) is 0.758. The highest BCUT2D eigenvalue weighted by molar-refractivity contribution is 5.97. The van der Waals surface area contributed by atoms with Crippen LogP contribution in [0, 0.1) is 0 Å². The van der Waals surface area contributed by atoms with Crippen LogP contribution in [-0.4, -0.2) is 36.5 Å². The van der Waals surface area contributed by atoms with E-state index in [0.29, 0.717) is 11.4 Å². The van der Waals surface area contributed by atoms with Gasteiger partial charge in [-0.2, -0.15) is 0 Å². The Labute approximate surface area is 148 Å². The molecule has 0 unspecified atom stereocenters. The lowest BCUT2D eigenvalue weighted by Crippen LogP contribution is -2.24. The Balaban J connectivity index is 2.03. The van der Waals surface area contributed by atoms with Crippen molar-refractivity contribution in [2.75, 3.05) is 24.4 Å². The summed E-state index contributed by atoms with van der Waals surface area (Å²) in [4.78, 5) is 48.8. The molecule has 0 aliphatic heterocycles. The van der Waals surface area contributed by atoms with Crippen LogP contribution in [0.3, 0.4) is 0 Å². The van der Waals surface area contributed by atoms with Crippen molar-refractivity contribution in [2.24, 2.45) is 0 Å². The lowest BCUT2D eigenvalue weighted by atomic mass is 10.2. The number of benzene rings is 1. The monoisotopic (exact) mass is 359 g/mol. The van der Waals surface area contributed by atoms with E-state index in [2.05, 4.69) is 15.6 Å². The van der Waals surface area contributed by atoms with Crippen molar-refractivity contribution in [1.29, 1.82) is 0 Å². The van der Waals surface area contributed by atoms with Gasteiger partial charge in [-0.25, -0.2) is 4.79 Å². The first-order chi connectivity index (χ1) is 12.4. The second-order valence-electron chi connectivity index (χ2n) is 5.13. The van der Waals surface area contributed by atoms with E-state index < -0.39 is 24.0 Å². The molecule has 1 aromatic carbocycles. The van der Waals surface area contributed by atoms with Gasteiger partial charge in [-0.3, -0.25) is 14.4 Å². The maximum Gasteiger partial charge on any atom is 0.344 e. The summed E-state index contributed by atoms with van der Waals surface area (Å²) in [5.41, 5.74) is -0.0631. The maximum absolute atomic E-state index is 12.0. The van der Waals surface area contributed by atoms with E-state index >= 15 is 0 Å². The number of nitrogens with one attached hydrogen (secondary N) is 3. The Kier molecular flexibility index (Phi) is 6.10. The van der Waals surface area contributed by atoms with Crippen molar-refractivity contribution >= 4 is 29.2 Å². The molecule has 2 amide bonds. The zero-order valence-electron chi connectivity index (χ0n) is 14.1. The van der Waals surface area contributed by atoms with Crippen LogP contribution in [0.2, 0.25) is 0 Å². The van der Waals surface area contributed by atoms with Gasteiger partial charge in [0.25, 0.3) is 11.5 Å². The van der Waals surface area contributed by atoms with Gasteiger partial charge in [-0.05, 0) is 30.3 Å². The number of rotatable bonds is 6. The number of aromatic amines is 1. The van der Waals surface area contributed by atoms with Gasteiger partial charge in [-0.15, -0.1) is 0 Å². The highest BCUT2D eigenvalue weighted by atomic mass is 16.5. The summed E-state index contributed by atoms with van der Waals surface area (Å²) in [6.07, 6.45) is 1.38. The summed E-state index contributed by atoms with van der Waals surface area (Å²) < 4.78 is 9.97. The van der Waals surface area contributed by atoms with Crippen LogP contribution >= 0.6 is 0 Å². The number of pyridine rings is 1. The molecule has 0 fully saturated rings. The molecule has 2 rings (SSSR count). The second-order valence-corrected chi connectivity index (χ2v) is 5.13. The van der Waals surface area contributed by atoms with Gasteiger partial charge in [0.15, 0.2) is 6.61 Å². The molecule has 26 heavy (non-hydrogen) atoms. The van der Waals surface area contributed by atoms with Crippen molar-refractivity contribution in [2.45, 2.75) is 6.92 Å². The third kappa shape index (κ3) is 4.94. The molecule has 9 heteroatoms. The van der Waals surface area contributed by atoms with E-state index in [9.17, 15) is 19.2 Å². The number of hydrogen-bond acceptors (Lipinski definition) is 6. The van der Waals surface area contributed by atoms with Gasteiger partial charge in [0.05, 0.1) is 12.8 Å². The van der Waals surface area contributed by atoms with Crippen molar-refractivity contribution in [3.8, 4) is 5.75 Å². The van der Waals surface area contributed by atoms with Gasteiger partial charge in [-0.1, -0.05) is 0 Å². The van der Waals surface area contributed by atoms with Crippen LogP contribution in [0.15, 0.2) is 41.3 Å². The molecular formula is C17H17N3O6. The number of amides is 2. The number of carbonyl (C=O) groups is 3. The van der Waals surface area contributed by atoms with Crippen LogP contribution < -0.4 is 20.9 Å². The van der Waals surface area contributed by atoms with Crippen LogP contribution in [0.5, 0.6) is 5.75 Å². The summed E-state index contributed by atoms with van der Waals surface area (Å²) in [5, 5.41) is 5.10. The smallest absolute Gasteiger partial charge is 0.344 e. The summed E-state index contributed by atoms with van der Waals surface area (Å²) in [7, 11) is 1.42. The molecule has 0 aliphatic rings. The molecule has 136 valence electrons. The maximum atomic E-state index is 12.0. The Morgan fingerprint density at radius 2 is 1.92 bits per heavy atom. The molecule has 1 aromatic heterocycles. The number of hydrogen-bond donors (Lipinski definition) is 3. The molecule has 0 aliphatic carbocycles. The highest BCUT2D eigenvalue weighted by Gasteiger charge is 2.15. The first kappa shape index (κ1) is 18.7.